The number of anilines is 1. The first-order chi connectivity index (χ1) is 13.9. The molecule has 0 spiro atoms. The number of hydrogen-bond acceptors (Lipinski definition) is 5. The molecule has 4 aromatic rings. The minimum atomic E-state index is -3.32. The number of carbonyl (C=O) groups is 1. The Morgan fingerprint density at radius 2 is 1.86 bits per heavy atom. The minimum Gasteiger partial charge on any atom is -0.451 e. The molecule has 2 aromatic heterocycles. The number of amides is 1. The number of halogens is 1. The molecule has 0 saturated carbocycles. The zero-order valence-electron chi connectivity index (χ0n) is 14.9. The predicted octanol–water partition coefficient (Wildman–Crippen LogP) is 3.44. The van der Waals surface area contributed by atoms with E-state index in [9.17, 15) is 17.6 Å². The Morgan fingerprint density at radius 3 is 2.62 bits per heavy atom. The van der Waals surface area contributed by atoms with Crippen LogP contribution < -0.4 is 5.32 Å². The minimum absolute atomic E-state index is 0.0904. The van der Waals surface area contributed by atoms with Crippen LogP contribution in [0, 0.1) is 5.82 Å². The summed E-state index contributed by atoms with van der Waals surface area (Å²) in [7, 11) is -3.32. The number of benzene rings is 2. The average molecular weight is 411 g/mol. The van der Waals surface area contributed by atoms with Crippen molar-refractivity contribution in [1.29, 1.82) is 0 Å². The Bertz CT molecular complexity index is 1340. The zero-order valence-corrected chi connectivity index (χ0v) is 15.7. The van der Waals surface area contributed by atoms with Gasteiger partial charge in [0.1, 0.15) is 17.2 Å². The highest BCUT2D eigenvalue weighted by Gasteiger charge is 2.33. The molecule has 0 unspecified atom stereocenters. The quantitative estimate of drug-likeness (QED) is 0.557. The molecule has 0 atom stereocenters. The first-order valence-corrected chi connectivity index (χ1v) is 10.6. The van der Waals surface area contributed by atoms with E-state index in [4.69, 9.17) is 4.42 Å². The summed E-state index contributed by atoms with van der Waals surface area (Å²) in [6.07, 6.45) is 0. The molecule has 9 heteroatoms. The Morgan fingerprint density at radius 1 is 1.10 bits per heavy atom. The van der Waals surface area contributed by atoms with Gasteiger partial charge in [-0.1, -0.05) is 18.2 Å². The van der Waals surface area contributed by atoms with Crippen molar-refractivity contribution in [1.82, 2.24) is 9.78 Å². The molecule has 7 nitrogen and oxygen atoms in total. The van der Waals surface area contributed by atoms with Crippen LogP contribution in [0.3, 0.4) is 0 Å². The van der Waals surface area contributed by atoms with Crippen LogP contribution >= 0.6 is 0 Å². The summed E-state index contributed by atoms with van der Waals surface area (Å²) >= 11 is 0. The summed E-state index contributed by atoms with van der Waals surface area (Å²) in [4.78, 5) is 12.8. The van der Waals surface area contributed by atoms with Crippen molar-refractivity contribution in [2.45, 2.75) is 11.5 Å². The van der Waals surface area contributed by atoms with Gasteiger partial charge in [-0.3, -0.25) is 4.79 Å². The molecule has 0 fully saturated rings. The fourth-order valence-corrected chi connectivity index (χ4v) is 4.90. The molecule has 5 rings (SSSR count). The molecule has 3 heterocycles. The number of nitrogens with one attached hydrogen (secondary N) is 1. The van der Waals surface area contributed by atoms with Crippen LogP contribution in [0.1, 0.15) is 21.8 Å². The molecule has 0 bridgehead atoms. The number of sulfone groups is 1. The SMILES string of the molecule is O=C(Nc1c2c(nn1-c1ccc(F)cc1)CS(=O)(=O)C2)c1cc2ccccc2o1. The van der Waals surface area contributed by atoms with Crippen molar-refractivity contribution >= 4 is 32.5 Å². The van der Waals surface area contributed by atoms with Crippen LogP contribution in [0.5, 0.6) is 0 Å². The van der Waals surface area contributed by atoms with Crippen LogP contribution in [-0.2, 0) is 21.3 Å². The molecular formula is C20H14FN3O4S. The zero-order chi connectivity index (χ0) is 20.2. The van der Waals surface area contributed by atoms with Crippen LogP contribution in [-0.4, -0.2) is 24.1 Å². The van der Waals surface area contributed by atoms with E-state index < -0.39 is 21.6 Å². The molecule has 1 aliphatic heterocycles. The van der Waals surface area contributed by atoms with Crippen molar-refractivity contribution < 1.29 is 22.0 Å². The van der Waals surface area contributed by atoms with Gasteiger partial charge >= 0.3 is 0 Å². The van der Waals surface area contributed by atoms with Gasteiger partial charge in [0.25, 0.3) is 5.91 Å². The molecule has 1 N–H and O–H groups in total. The van der Waals surface area contributed by atoms with E-state index in [1.165, 1.54) is 28.9 Å². The van der Waals surface area contributed by atoms with Crippen molar-refractivity contribution in [3.8, 4) is 5.69 Å². The van der Waals surface area contributed by atoms with Crippen LogP contribution in [0.2, 0.25) is 0 Å². The van der Waals surface area contributed by atoms with Crippen LogP contribution in [0.25, 0.3) is 16.7 Å². The van der Waals surface area contributed by atoms with Gasteiger partial charge < -0.3 is 9.73 Å². The molecule has 0 saturated heterocycles. The molecule has 1 amide bonds. The number of rotatable bonds is 3. The molecule has 0 aliphatic carbocycles. The van der Waals surface area contributed by atoms with Crippen molar-refractivity contribution in [3.05, 3.63) is 77.4 Å². The maximum absolute atomic E-state index is 13.3. The van der Waals surface area contributed by atoms with E-state index in [1.54, 1.807) is 18.2 Å². The summed E-state index contributed by atoms with van der Waals surface area (Å²) < 4.78 is 44.4. The van der Waals surface area contributed by atoms with Gasteiger partial charge in [0.2, 0.25) is 0 Å². The Labute approximate surface area is 164 Å². The normalized spacial score (nSPS) is 14.8. The standard InChI is InChI=1S/C20H14FN3O4S/c21-13-5-7-14(8-6-13)24-19(15-10-29(26,27)11-16(15)23-24)22-20(25)18-9-12-3-1-2-4-17(12)28-18/h1-9H,10-11H2,(H,22,25). The van der Waals surface area contributed by atoms with Gasteiger partial charge in [0.15, 0.2) is 15.6 Å². The van der Waals surface area contributed by atoms with Gasteiger partial charge in [0.05, 0.1) is 22.9 Å². The topological polar surface area (TPSA) is 94.2 Å². The van der Waals surface area contributed by atoms with Crippen molar-refractivity contribution in [2.24, 2.45) is 0 Å². The fraction of sp³-hybridized carbons (Fsp3) is 0.100. The Kier molecular flexibility index (Phi) is 3.82. The first kappa shape index (κ1) is 17.6. The van der Waals surface area contributed by atoms with E-state index in [1.807, 2.05) is 12.1 Å². The van der Waals surface area contributed by atoms with Gasteiger partial charge in [-0.25, -0.2) is 17.5 Å². The highest BCUT2D eigenvalue weighted by atomic mass is 32.2. The van der Waals surface area contributed by atoms with Gasteiger partial charge in [-0.05, 0) is 36.4 Å². The second kappa shape index (κ2) is 6.28. The van der Waals surface area contributed by atoms with E-state index >= 15 is 0 Å². The van der Waals surface area contributed by atoms with Gasteiger partial charge in [-0.2, -0.15) is 5.10 Å². The number of para-hydroxylation sites is 1. The summed E-state index contributed by atoms with van der Waals surface area (Å²) in [5, 5.41) is 7.85. The summed E-state index contributed by atoms with van der Waals surface area (Å²) in [6, 6.07) is 14.4. The second-order valence-electron chi connectivity index (χ2n) is 6.80. The summed E-state index contributed by atoms with van der Waals surface area (Å²) in [5.41, 5.74) is 1.86. The average Bonchev–Trinajstić information content (AvgIpc) is 3.33. The number of hydrogen-bond donors (Lipinski definition) is 1. The predicted molar refractivity (Wildman–Crippen MR) is 104 cm³/mol. The molecule has 29 heavy (non-hydrogen) atoms. The van der Waals surface area contributed by atoms with Crippen molar-refractivity contribution in [2.75, 3.05) is 5.32 Å². The number of furan rings is 1. The largest absolute Gasteiger partial charge is 0.451 e. The molecule has 1 aliphatic rings. The highest BCUT2D eigenvalue weighted by Crippen LogP contribution is 2.33. The maximum atomic E-state index is 13.3. The van der Waals surface area contributed by atoms with E-state index in [-0.39, 0.29) is 23.1 Å². The summed E-state index contributed by atoms with van der Waals surface area (Å²) in [5.74, 6) is -1.05. The summed E-state index contributed by atoms with van der Waals surface area (Å²) in [6.45, 7) is 0. The maximum Gasteiger partial charge on any atom is 0.292 e. The first-order valence-electron chi connectivity index (χ1n) is 8.77. The Hall–Kier alpha value is -3.46. The number of fused-ring (bicyclic) bond motifs is 2. The lowest BCUT2D eigenvalue weighted by Crippen LogP contribution is -2.16. The lowest BCUT2D eigenvalue weighted by molar-refractivity contribution is 0.0998. The van der Waals surface area contributed by atoms with Gasteiger partial charge in [-0.15, -0.1) is 0 Å². The van der Waals surface area contributed by atoms with Crippen molar-refractivity contribution in [3.63, 3.8) is 0 Å². The third-order valence-corrected chi connectivity index (χ3v) is 6.18. The smallest absolute Gasteiger partial charge is 0.292 e. The number of carbonyl (C=O) groups excluding carboxylic acids is 1. The number of nitrogens with zero attached hydrogens (tertiary/aromatic N) is 2. The van der Waals surface area contributed by atoms with E-state index in [0.29, 0.717) is 22.5 Å². The molecule has 2 aromatic carbocycles. The van der Waals surface area contributed by atoms with Gasteiger partial charge in [0, 0.05) is 10.9 Å². The third kappa shape index (κ3) is 3.09. The molecular weight excluding hydrogens is 397 g/mol. The molecule has 146 valence electrons. The van der Waals surface area contributed by atoms with Crippen LogP contribution in [0.4, 0.5) is 10.2 Å². The molecule has 0 radical (unpaired) electrons. The van der Waals surface area contributed by atoms with E-state index in [2.05, 4.69) is 10.4 Å². The fourth-order valence-electron chi connectivity index (χ4n) is 3.40. The highest BCUT2D eigenvalue weighted by molar-refractivity contribution is 7.90. The van der Waals surface area contributed by atoms with E-state index in [0.717, 1.165) is 5.39 Å². The lowest BCUT2D eigenvalue weighted by Gasteiger charge is -2.10. The third-order valence-electron chi connectivity index (χ3n) is 4.74. The monoisotopic (exact) mass is 411 g/mol. The lowest BCUT2D eigenvalue weighted by atomic mass is 10.2. The second-order valence-corrected chi connectivity index (χ2v) is 8.86. The Balaban J connectivity index is 1.57. The van der Waals surface area contributed by atoms with Crippen LogP contribution in [0.15, 0.2) is 59.0 Å². The number of aromatic nitrogens is 2.